The summed E-state index contributed by atoms with van der Waals surface area (Å²) < 4.78 is 4.55. The molecule has 2 amide bonds. The van der Waals surface area contributed by atoms with E-state index in [9.17, 15) is 14.4 Å². The molecule has 0 saturated heterocycles. The second kappa shape index (κ2) is 5.79. The molecular formula is C16H18N2O4. The van der Waals surface area contributed by atoms with Crippen LogP contribution in [0.1, 0.15) is 25.7 Å². The Bertz CT molecular complexity index is 624. The van der Waals surface area contributed by atoms with Crippen molar-refractivity contribution in [1.82, 2.24) is 0 Å². The molecule has 6 heteroatoms. The summed E-state index contributed by atoms with van der Waals surface area (Å²) in [7, 11) is 1.29. The van der Waals surface area contributed by atoms with Crippen molar-refractivity contribution in [3.63, 3.8) is 0 Å². The summed E-state index contributed by atoms with van der Waals surface area (Å²) >= 11 is 0. The summed E-state index contributed by atoms with van der Waals surface area (Å²) in [6, 6.07) is 7.68. The first-order valence-electron chi connectivity index (χ1n) is 7.40. The standard InChI is InChI=1S/C16H18N2O4/c1-22-16(21)9-8-14(19)17-10-15(20)18(11-6-7-11)13-5-3-2-4-12(13)17/h2-5,11H,6-10H2,1H3. The number of fused-ring (bicyclic) bond motifs is 1. The predicted molar refractivity (Wildman–Crippen MR) is 80.6 cm³/mol. The lowest BCUT2D eigenvalue weighted by Gasteiger charge is -2.36. The molecule has 1 aromatic rings. The van der Waals surface area contributed by atoms with Crippen molar-refractivity contribution in [2.45, 2.75) is 31.7 Å². The third-order valence-electron chi connectivity index (χ3n) is 3.98. The van der Waals surface area contributed by atoms with Gasteiger partial charge < -0.3 is 14.5 Å². The van der Waals surface area contributed by atoms with Gasteiger partial charge >= 0.3 is 5.97 Å². The topological polar surface area (TPSA) is 66.9 Å². The molecular weight excluding hydrogens is 284 g/mol. The van der Waals surface area contributed by atoms with E-state index in [1.165, 1.54) is 12.0 Å². The fraction of sp³-hybridized carbons (Fsp3) is 0.438. The lowest BCUT2D eigenvalue weighted by Crippen LogP contribution is -2.49. The van der Waals surface area contributed by atoms with E-state index in [1.807, 2.05) is 24.3 Å². The zero-order valence-corrected chi connectivity index (χ0v) is 12.4. The summed E-state index contributed by atoms with van der Waals surface area (Å²) in [6.07, 6.45) is 2.08. The molecule has 0 N–H and O–H groups in total. The molecule has 1 saturated carbocycles. The Morgan fingerprint density at radius 2 is 1.86 bits per heavy atom. The lowest BCUT2D eigenvalue weighted by molar-refractivity contribution is -0.141. The number of anilines is 2. The minimum atomic E-state index is -0.426. The molecule has 1 aliphatic carbocycles. The highest BCUT2D eigenvalue weighted by atomic mass is 16.5. The summed E-state index contributed by atoms with van der Waals surface area (Å²) in [5.74, 6) is -0.723. The zero-order chi connectivity index (χ0) is 15.7. The number of benzene rings is 1. The van der Waals surface area contributed by atoms with Crippen LogP contribution in [-0.4, -0.2) is 37.5 Å². The van der Waals surface area contributed by atoms with Crippen LogP contribution < -0.4 is 9.80 Å². The van der Waals surface area contributed by atoms with Gasteiger partial charge in [0, 0.05) is 12.5 Å². The second-order valence-electron chi connectivity index (χ2n) is 5.54. The van der Waals surface area contributed by atoms with Crippen molar-refractivity contribution in [3.05, 3.63) is 24.3 Å². The Morgan fingerprint density at radius 1 is 1.18 bits per heavy atom. The third-order valence-corrected chi connectivity index (χ3v) is 3.98. The zero-order valence-electron chi connectivity index (χ0n) is 12.4. The molecule has 2 aliphatic rings. The normalized spacial score (nSPS) is 17.2. The van der Waals surface area contributed by atoms with Crippen LogP contribution in [-0.2, 0) is 19.1 Å². The van der Waals surface area contributed by atoms with E-state index in [2.05, 4.69) is 4.74 Å². The molecule has 22 heavy (non-hydrogen) atoms. The van der Waals surface area contributed by atoms with Gasteiger partial charge in [-0.25, -0.2) is 0 Å². The fourth-order valence-electron chi connectivity index (χ4n) is 2.73. The maximum absolute atomic E-state index is 12.4. The van der Waals surface area contributed by atoms with Crippen LogP contribution in [0.25, 0.3) is 0 Å². The SMILES string of the molecule is COC(=O)CCC(=O)N1CC(=O)N(C2CC2)c2ccccc21. The summed E-state index contributed by atoms with van der Waals surface area (Å²) in [5, 5.41) is 0. The van der Waals surface area contributed by atoms with Gasteiger partial charge in [-0.1, -0.05) is 12.1 Å². The van der Waals surface area contributed by atoms with Crippen molar-refractivity contribution >= 4 is 29.2 Å². The predicted octanol–water partition coefficient (Wildman–Crippen LogP) is 1.48. The quantitative estimate of drug-likeness (QED) is 0.790. The van der Waals surface area contributed by atoms with Crippen molar-refractivity contribution in [2.75, 3.05) is 23.5 Å². The molecule has 0 atom stereocenters. The van der Waals surface area contributed by atoms with E-state index < -0.39 is 5.97 Å². The molecule has 0 unspecified atom stereocenters. The van der Waals surface area contributed by atoms with Crippen LogP contribution in [0.5, 0.6) is 0 Å². The molecule has 1 aromatic carbocycles. The second-order valence-corrected chi connectivity index (χ2v) is 5.54. The van der Waals surface area contributed by atoms with Gasteiger partial charge in [0.2, 0.25) is 11.8 Å². The van der Waals surface area contributed by atoms with Crippen LogP contribution in [0.3, 0.4) is 0 Å². The van der Waals surface area contributed by atoms with Gasteiger partial charge in [0.25, 0.3) is 0 Å². The number of carbonyl (C=O) groups is 3. The average molecular weight is 302 g/mol. The molecule has 0 spiro atoms. The van der Waals surface area contributed by atoms with Gasteiger partial charge in [-0.3, -0.25) is 14.4 Å². The molecule has 1 aliphatic heterocycles. The Balaban J connectivity index is 1.83. The van der Waals surface area contributed by atoms with Gasteiger partial charge in [-0.2, -0.15) is 0 Å². The van der Waals surface area contributed by atoms with Crippen molar-refractivity contribution in [2.24, 2.45) is 0 Å². The number of carbonyl (C=O) groups excluding carboxylic acids is 3. The van der Waals surface area contributed by atoms with Gasteiger partial charge in [0.15, 0.2) is 0 Å². The number of para-hydroxylation sites is 2. The number of nitrogens with zero attached hydrogens (tertiary/aromatic N) is 2. The highest BCUT2D eigenvalue weighted by Gasteiger charge is 2.40. The monoisotopic (exact) mass is 302 g/mol. The first-order valence-corrected chi connectivity index (χ1v) is 7.40. The van der Waals surface area contributed by atoms with E-state index in [0.717, 1.165) is 24.2 Å². The van der Waals surface area contributed by atoms with E-state index in [0.29, 0.717) is 0 Å². The Labute approximate surface area is 128 Å². The van der Waals surface area contributed by atoms with E-state index in [1.54, 1.807) is 4.90 Å². The largest absolute Gasteiger partial charge is 0.469 e. The maximum Gasteiger partial charge on any atom is 0.306 e. The van der Waals surface area contributed by atoms with Crippen molar-refractivity contribution in [3.8, 4) is 0 Å². The first-order chi connectivity index (χ1) is 10.6. The summed E-state index contributed by atoms with van der Waals surface area (Å²) in [4.78, 5) is 39.2. The smallest absolute Gasteiger partial charge is 0.306 e. The van der Waals surface area contributed by atoms with Crippen LogP contribution in [0.2, 0.25) is 0 Å². The fourth-order valence-corrected chi connectivity index (χ4v) is 2.73. The number of amides is 2. The average Bonchev–Trinajstić information content (AvgIpc) is 3.36. The number of hydrogen-bond acceptors (Lipinski definition) is 4. The minimum Gasteiger partial charge on any atom is -0.469 e. The van der Waals surface area contributed by atoms with E-state index >= 15 is 0 Å². The molecule has 0 radical (unpaired) electrons. The van der Waals surface area contributed by atoms with Gasteiger partial charge in [-0.05, 0) is 25.0 Å². The molecule has 6 nitrogen and oxygen atoms in total. The van der Waals surface area contributed by atoms with E-state index in [-0.39, 0.29) is 37.2 Å². The van der Waals surface area contributed by atoms with Crippen LogP contribution in [0, 0.1) is 0 Å². The maximum atomic E-state index is 12.4. The minimum absolute atomic E-state index is 0.0224. The Morgan fingerprint density at radius 3 is 2.50 bits per heavy atom. The molecule has 1 fully saturated rings. The van der Waals surface area contributed by atoms with Crippen molar-refractivity contribution in [1.29, 1.82) is 0 Å². The molecule has 0 aromatic heterocycles. The van der Waals surface area contributed by atoms with Crippen LogP contribution in [0.15, 0.2) is 24.3 Å². The van der Waals surface area contributed by atoms with E-state index in [4.69, 9.17) is 0 Å². The first kappa shape index (κ1) is 14.6. The van der Waals surface area contributed by atoms with Crippen LogP contribution >= 0.6 is 0 Å². The molecule has 3 rings (SSSR count). The highest BCUT2D eigenvalue weighted by Crippen LogP contribution is 2.40. The molecule has 1 heterocycles. The summed E-state index contributed by atoms with van der Waals surface area (Å²) in [6.45, 7) is 0.0352. The number of methoxy groups -OCH3 is 1. The van der Waals surface area contributed by atoms with Gasteiger partial charge in [-0.15, -0.1) is 0 Å². The van der Waals surface area contributed by atoms with Gasteiger partial charge in [0.1, 0.15) is 6.54 Å². The number of ether oxygens (including phenoxy) is 1. The number of esters is 1. The van der Waals surface area contributed by atoms with Gasteiger partial charge in [0.05, 0.1) is 24.9 Å². The lowest BCUT2D eigenvalue weighted by atomic mass is 10.1. The number of hydrogen-bond donors (Lipinski definition) is 0. The van der Waals surface area contributed by atoms with Crippen molar-refractivity contribution < 1.29 is 19.1 Å². The Hall–Kier alpha value is -2.37. The summed E-state index contributed by atoms with van der Waals surface area (Å²) in [5.41, 5.74) is 1.52. The Kier molecular flexibility index (Phi) is 3.83. The number of rotatable bonds is 4. The van der Waals surface area contributed by atoms with Crippen LogP contribution in [0.4, 0.5) is 11.4 Å². The highest BCUT2D eigenvalue weighted by molar-refractivity contribution is 6.11. The third kappa shape index (κ3) is 2.68. The molecule has 0 bridgehead atoms. The molecule has 116 valence electrons.